The number of hydrogen-bond donors (Lipinski definition) is 7. The summed E-state index contributed by atoms with van der Waals surface area (Å²) in [4.78, 5) is 16.6. The summed E-state index contributed by atoms with van der Waals surface area (Å²) < 4.78 is 39.2. The van der Waals surface area contributed by atoms with E-state index in [9.17, 15) is 33.6 Å². The van der Waals surface area contributed by atoms with E-state index in [-0.39, 0.29) is 29.9 Å². The molecule has 51 heavy (non-hydrogen) atoms. The van der Waals surface area contributed by atoms with Crippen LogP contribution < -0.4 is 15.4 Å². The molecule has 0 saturated heterocycles. The van der Waals surface area contributed by atoms with Crippen LogP contribution in [0.3, 0.4) is 0 Å². The predicted molar refractivity (Wildman–Crippen MR) is 189 cm³/mol. The van der Waals surface area contributed by atoms with Crippen LogP contribution in [0.15, 0.2) is 65.8 Å². The van der Waals surface area contributed by atoms with Gasteiger partial charge < -0.3 is 45.6 Å². The number of carbonyl (C=O) groups excluding carboxylic acids is 1. The van der Waals surface area contributed by atoms with Gasteiger partial charge in [0.05, 0.1) is 41.7 Å². The van der Waals surface area contributed by atoms with Gasteiger partial charge in [-0.05, 0) is 80.0 Å². The highest BCUT2D eigenvalue weighted by atomic mass is 35.5. The largest absolute Gasteiger partial charge is 0.490 e. The monoisotopic (exact) mass is 747 g/mol. The molecule has 0 aliphatic heterocycles. The molecule has 2 fully saturated rings. The Bertz CT molecular complexity index is 1740. The number of nitrogens with zero attached hydrogens (tertiary/aromatic N) is 1. The van der Waals surface area contributed by atoms with Gasteiger partial charge >= 0.3 is 6.03 Å². The number of aromatic nitrogens is 1. The fourth-order valence-electron chi connectivity index (χ4n) is 5.68. The van der Waals surface area contributed by atoms with Gasteiger partial charge in [-0.15, -0.1) is 0 Å². The van der Waals surface area contributed by atoms with E-state index < -0.39 is 59.0 Å². The van der Waals surface area contributed by atoms with Crippen molar-refractivity contribution in [1.29, 1.82) is 0 Å². The Kier molecular flexibility index (Phi) is 13.3. The Morgan fingerprint density at radius 2 is 1.71 bits per heavy atom. The fraction of sp³-hybridized carbons (Fsp3) is 0.500. The molecule has 0 spiro atoms. The van der Waals surface area contributed by atoms with Crippen LogP contribution in [0.5, 0.6) is 5.75 Å². The molecule has 278 valence electrons. The van der Waals surface area contributed by atoms with Crippen LogP contribution in [0.1, 0.15) is 56.1 Å². The third-order valence-corrected chi connectivity index (χ3v) is 11.2. The second kappa shape index (κ2) is 17.5. The second-order valence-corrected chi connectivity index (χ2v) is 15.6. The number of unbranched alkanes of at least 4 members (excludes halogenated alkanes) is 2. The molecule has 2 amide bonds. The molecule has 7 N–H and O–H groups in total. The summed E-state index contributed by atoms with van der Waals surface area (Å²) in [7, 11) is -3.63. The number of carbonyl (C=O) groups is 1. The van der Waals surface area contributed by atoms with Gasteiger partial charge in [-0.2, -0.15) is 0 Å². The average molecular weight is 748 g/mol. The molecule has 2 aliphatic rings. The summed E-state index contributed by atoms with van der Waals surface area (Å²) in [6.45, 7) is -0.868. The van der Waals surface area contributed by atoms with Gasteiger partial charge in [-0.25, -0.2) is 13.2 Å². The van der Waals surface area contributed by atoms with E-state index in [1.54, 1.807) is 18.3 Å². The van der Waals surface area contributed by atoms with Crippen molar-refractivity contribution in [2.75, 3.05) is 25.4 Å². The van der Waals surface area contributed by atoms with E-state index in [4.69, 9.17) is 26.2 Å². The number of rotatable bonds is 20. The zero-order valence-corrected chi connectivity index (χ0v) is 29.7. The third-order valence-electron chi connectivity index (χ3n) is 9.06. The Hall–Kier alpha value is -3.34. The fourth-order valence-corrected chi connectivity index (χ4v) is 7.27. The van der Waals surface area contributed by atoms with Crippen LogP contribution >= 0.6 is 11.6 Å². The molecule has 1 heterocycles. The Morgan fingerprint density at radius 1 is 0.961 bits per heavy atom. The molecule has 5 rings (SSSR count). The number of para-hydroxylation sites is 1. The summed E-state index contributed by atoms with van der Waals surface area (Å²) in [5, 5.41) is 52.9. The van der Waals surface area contributed by atoms with Crippen LogP contribution in [-0.4, -0.2) is 101 Å². The number of sulfone groups is 1. The van der Waals surface area contributed by atoms with E-state index in [0.717, 1.165) is 48.1 Å². The topological polar surface area (TPSA) is 208 Å². The number of ether oxygens (including phenoxy) is 2. The highest BCUT2D eigenvalue weighted by molar-refractivity contribution is 7.91. The van der Waals surface area contributed by atoms with Crippen molar-refractivity contribution >= 4 is 27.5 Å². The molecule has 13 nitrogen and oxygen atoms in total. The first-order valence-corrected chi connectivity index (χ1v) is 19.2. The summed E-state index contributed by atoms with van der Waals surface area (Å²) >= 11 is 6.52. The minimum absolute atomic E-state index is 0.0987. The van der Waals surface area contributed by atoms with Crippen molar-refractivity contribution in [3.8, 4) is 16.9 Å². The summed E-state index contributed by atoms with van der Waals surface area (Å²) in [6, 6.07) is 13.9. The molecule has 0 unspecified atom stereocenters. The van der Waals surface area contributed by atoms with Gasteiger partial charge in [-0.3, -0.25) is 4.98 Å². The lowest BCUT2D eigenvalue weighted by Crippen LogP contribution is -2.50. The zero-order chi connectivity index (χ0) is 36.6. The molecule has 3 aromatic rings. The predicted octanol–water partition coefficient (Wildman–Crippen LogP) is 2.83. The van der Waals surface area contributed by atoms with Crippen LogP contribution in [0.25, 0.3) is 11.1 Å². The first-order valence-electron chi connectivity index (χ1n) is 17.1. The second-order valence-electron chi connectivity index (χ2n) is 13.1. The molecule has 4 atom stereocenters. The molecule has 0 bridgehead atoms. The number of aliphatic hydroxyl groups is 5. The summed E-state index contributed by atoms with van der Waals surface area (Å²) in [5.41, 5.74) is 2.91. The number of pyridine rings is 1. The Morgan fingerprint density at radius 3 is 2.43 bits per heavy atom. The SMILES string of the molecule is O=C(NCCCCCS(=O)(=O)c1ccc(Cl)c(COC2(c3cnccc3-c3ccccc3OC3CC3)CC2)c1)NC[C@H](O)[C@@H](O)[C@H](O)[C@H](O)CO. The first kappa shape index (κ1) is 38.9. The molecule has 2 aromatic carbocycles. The van der Waals surface area contributed by atoms with Crippen LogP contribution in [0.4, 0.5) is 4.79 Å². The molecule has 0 radical (unpaired) electrons. The van der Waals surface area contributed by atoms with Crippen LogP contribution in [0.2, 0.25) is 5.02 Å². The third kappa shape index (κ3) is 10.4. The minimum atomic E-state index is -3.63. The number of benzene rings is 2. The zero-order valence-electron chi connectivity index (χ0n) is 28.2. The smallest absolute Gasteiger partial charge is 0.314 e. The number of nitrogens with one attached hydrogen (secondary N) is 2. The standard InChI is InChI=1S/C36H46ClN3O10S/c37-29-11-10-25(51(47,48)17-5-1-4-15-39-35(46)40-20-30(42)33(44)34(45)31(43)21-41)18-23(29)22-49-36(13-14-36)28-19-38-16-12-26(28)27-6-2-3-7-32(27)50-24-8-9-24/h2-3,6-7,10-12,16,18-19,24,30-31,33-34,41-45H,1,4-5,8-9,13-15,17,20-22H2,(H2,39,40,46)/t30-,31+,33+,34+/m0/s1. The Balaban J connectivity index is 1.10. The van der Waals surface area contributed by atoms with Crippen molar-refractivity contribution in [2.45, 2.75) is 92.6 Å². The number of hydrogen-bond acceptors (Lipinski definition) is 11. The minimum Gasteiger partial charge on any atom is -0.490 e. The molecule has 2 aliphatic carbocycles. The number of aliphatic hydroxyl groups excluding tert-OH is 5. The summed E-state index contributed by atoms with van der Waals surface area (Å²) in [6.07, 6.45) is 2.07. The summed E-state index contributed by atoms with van der Waals surface area (Å²) in [5.74, 6) is 0.730. The Labute approximate surface area is 302 Å². The van der Waals surface area contributed by atoms with Gasteiger partial charge in [0.15, 0.2) is 9.84 Å². The van der Waals surface area contributed by atoms with E-state index in [1.807, 2.05) is 36.5 Å². The first-order chi connectivity index (χ1) is 24.4. The maximum atomic E-state index is 13.2. The van der Waals surface area contributed by atoms with Crippen molar-refractivity contribution in [3.63, 3.8) is 0 Å². The van der Waals surface area contributed by atoms with Crippen molar-refractivity contribution in [2.24, 2.45) is 0 Å². The lowest BCUT2D eigenvalue weighted by molar-refractivity contribution is -0.113. The van der Waals surface area contributed by atoms with Crippen molar-refractivity contribution in [1.82, 2.24) is 15.6 Å². The number of amides is 2. The van der Waals surface area contributed by atoms with Gasteiger partial charge in [0.25, 0.3) is 0 Å². The van der Waals surface area contributed by atoms with Gasteiger partial charge in [-0.1, -0.05) is 36.2 Å². The van der Waals surface area contributed by atoms with Crippen LogP contribution in [0, 0.1) is 0 Å². The quantitative estimate of drug-likeness (QED) is 0.0837. The van der Waals surface area contributed by atoms with E-state index in [1.165, 1.54) is 6.07 Å². The van der Waals surface area contributed by atoms with Gasteiger partial charge in [0.2, 0.25) is 0 Å². The highest BCUT2D eigenvalue weighted by Gasteiger charge is 2.48. The molecule has 2 saturated carbocycles. The molecule has 15 heteroatoms. The van der Waals surface area contributed by atoms with E-state index in [0.29, 0.717) is 29.8 Å². The lowest BCUT2D eigenvalue weighted by atomic mass is 9.96. The van der Waals surface area contributed by atoms with Crippen LogP contribution in [-0.2, 0) is 26.8 Å². The lowest BCUT2D eigenvalue weighted by Gasteiger charge is -2.25. The molecular formula is C36H46ClN3O10S. The highest BCUT2D eigenvalue weighted by Crippen LogP contribution is 2.53. The van der Waals surface area contributed by atoms with Gasteiger partial charge in [0, 0.05) is 41.6 Å². The molecule has 1 aromatic heterocycles. The molecular weight excluding hydrogens is 702 g/mol. The van der Waals surface area contributed by atoms with Gasteiger partial charge in [0.1, 0.15) is 24.1 Å². The van der Waals surface area contributed by atoms with E-state index >= 15 is 0 Å². The number of urea groups is 1. The number of halogens is 1. The normalized spacial score (nSPS) is 17.6. The van der Waals surface area contributed by atoms with Crippen molar-refractivity contribution < 1.29 is 48.2 Å². The average Bonchev–Trinajstić information content (AvgIpc) is 4.08. The maximum Gasteiger partial charge on any atom is 0.314 e. The maximum absolute atomic E-state index is 13.2. The van der Waals surface area contributed by atoms with E-state index in [2.05, 4.69) is 15.6 Å². The van der Waals surface area contributed by atoms with Crippen molar-refractivity contribution in [3.05, 3.63) is 77.1 Å².